The number of rotatable bonds is 4. The summed E-state index contributed by atoms with van der Waals surface area (Å²) in [5.74, 6) is -1.75. The first-order chi connectivity index (χ1) is 14.5. The zero-order valence-corrected chi connectivity index (χ0v) is 17.1. The lowest BCUT2D eigenvalue weighted by molar-refractivity contribution is -0.140. The molecule has 1 fully saturated rings. The fourth-order valence-electron chi connectivity index (χ4n) is 3.51. The van der Waals surface area contributed by atoms with E-state index in [1.165, 1.54) is 4.90 Å². The van der Waals surface area contributed by atoms with Crippen molar-refractivity contribution >= 4 is 40.7 Å². The minimum absolute atomic E-state index is 0.0145. The lowest BCUT2D eigenvalue weighted by atomic mass is 9.95. The number of carbonyl (C=O) groups is 2. The molecule has 1 aromatic heterocycles. The molecule has 2 aromatic carbocycles. The third-order valence-corrected chi connectivity index (χ3v) is 5.53. The van der Waals surface area contributed by atoms with Crippen molar-refractivity contribution in [3.05, 3.63) is 105 Å². The highest BCUT2D eigenvalue weighted by atomic mass is 35.5. The van der Waals surface area contributed by atoms with Gasteiger partial charge in [-0.05, 0) is 47.5 Å². The zero-order valence-electron chi connectivity index (χ0n) is 15.6. The monoisotopic (exact) mass is 438 g/mol. The molecule has 7 heteroatoms. The smallest absolute Gasteiger partial charge is 0.295 e. The summed E-state index contributed by atoms with van der Waals surface area (Å²) < 4.78 is 0. The molecule has 0 saturated carbocycles. The second-order valence-corrected chi connectivity index (χ2v) is 7.66. The van der Waals surface area contributed by atoms with Crippen molar-refractivity contribution < 1.29 is 14.7 Å². The van der Waals surface area contributed by atoms with E-state index in [1.54, 1.807) is 67.0 Å². The number of amides is 1. The summed E-state index contributed by atoms with van der Waals surface area (Å²) in [6.07, 6.45) is 3.26. The van der Waals surface area contributed by atoms with Gasteiger partial charge in [-0.2, -0.15) is 0 Å². The van der Waals surface area contributed by atoms with Crippen molar-refractivity contribution in [3.63, 3.8) is 0 Å². The van der Waals surface area contributed by atoms with Crippen LogP contribution in [0.4, 0.5) is 0 Å². The Hall–Kier alpha value is -3.15. The van der Waals surface area contributed by atoms with Crippen LogP contribution in [-0.2, 0) is 16.1 Å². The summed E-state index contributed by atoms with van der Waals surface area (Å²) in [6, 6.07) is 16.1. The first-order valence-corrected chi connectivity index (χ1v) is 9.90. The quantitative estimate of drug-likeness (QED) is 0.353. The van der Waals surface area contributed by atoms with Gasteiger partial charge in [0.25, 0.3) is 11.7 Å². The number of aliphatic hydroxyl groups is 1. The SMILES string of the molecule is O=C1C(=O)N(Cc2cccnc2)[C@@H](c2ccccc2Cl)C1=C(O)c1ccc(Cl)cc1. The van der Waals surface area contributed by atoms with Gasteiger partial charge >= 0.3 is 0 Å². The number of Topliss-reactive ketones (excluding diaryl/α,β-unsaturated/α-hetero) is 1. The zero-order chi connectivity index (χ0) is 21.3. The maximum Gasteiger partial charge on any atom is 0.295 e. The first-order valence-electron chi connectivity index (χ1n) is 9.15. The van der Waals surface area contributed by atoms with E-state index < -0.39 is 17.7 Å². The van der Waals surface area contributed by atoms with E-state index >= 15 is 0 Å². The van der Waals surface area contributed by atoms with Gasteiger partial charge < -0.3 is 10.0 Å². The molecule has 1 atom stereocenters. The number of halogens is 2. The predicted molar refractivity (Wildman–Crippen MR) is 115 cm³/mol. The van der Waals surface area contributed by atoms with Gasteiger partial charge in [-0.25, -0.2) is 0 Å². The Morgan fingerprint density at radius 1 is 1.00 bits per heavy atom. The van der Waals surface area contributed by atoms with E-state index in [0.717, 1.165) is 5.56 Å². The Balaban J connectivity index is 1.88. The fourth-order valence-corrected chi connectivity index (χ4v) is 3.88. The number of aromatic nitrogens is 1. The maximum atomic E-state index is 13.0. The summed E-state index contributed by atoms with van der Waals surface area (Å²) in [5.41, 5.74) is 1.68. The van der Waals surface area contributed by atoms with Crippen LogP contribution in [0.5, 0.6) is 0 Å². The van der Waals surface area contributed by atoms with Gasteiger partial charge in [-0.3, -0.25) is 14.6 Å². The fraction of sp³-hybridized carbons (Fsp3) is 0.0870. The number of hydrogen-bond acceptors (Lipinski definition) is 4. The van der Waals surface area contributed by atoms with Crippen LogP contribution in [-0.4, -0.2) is 26.7 Å². The molecular weight excluding hydrogens is 423 g/mol. The number of hydrogen-bond donors (Lipinski definition) is 1. The summed E-state index contributed by atoms with van der Waals surface area (Å²) in [6.45, 7) is 0.145. The normalized spacial score (nSPS) is 18.1. The number of likely N-dealkylation sites (tertiary alicyclic amines) is 1. The largest absolute Gasteiger partial charge is 0.507 e. The van der Waals surface area contributed by atoms with Crippen molar-refractivity contribution in [1.82, 2.24) is 9.88 Å². The summed E-state index contributed by atoms with van der Waals surface area (Å²) in [7, 11) is 0. The van der Waals surface area contributed by atoms with Crippen LogP contribution in [0.25, 0.3) is 5.76 Å². The second-order valence-electron chi connectivity index (χ2n) is 6.82. The van der Waals surface area contributed by atoms with Crippen molar-refractivity contribution in [3.8, 4) is 0 Å². The highest BCUT2D eigenvalue weighted by molar-refractivity contribution is 6.47. The number of ketones is 1. The van der Waals surface area contributed by atoms with Crippen LogP contribution in [0.3, 0.4) is 0 Å². The molecule has 0 spiro atoms. The van der Waals surface area contributed by atoms with Gasteiger partial charge in [-0.15, -0.1) is 0 Å². The van der Waals surface area contributed by atoms with E-state index in [0.29, 0.717) is 21.2 Å². The maximum absolute atomic E-state index is 13.0. The summed E-state index contributed by atoms with van der Waals surface area (Å²) in [5, 5.41) is 11.9. The van der Waals surface area contributed by atoms with Gasteiger partial charge in [0.1, 0.15) is 5.76 Å². The Bertz CT molecular complexity index is 1140. The Morgan fingerprint density at radius 3 is 2.40 bits per heavy atom. The molecular formula is C23H16Cl2N2O3. The standard InChI is InChI=1S/C23H16Cl2N2O3/c24-16-9-7-15(8-10-16)21(28)19-20(17-5-1-2-6-18(17)25)27(23(30)22(19)29)13-14-4-3-11-26-12-14/h1-12,20,28H,13H2/t20-/m0/s1. The molecule has 0 bridgehead atoms. The molecule has 5 nitrogen and oxygen atoms in total. The molecule has 1 aliphatic rings. The molecule has 4 rings (SSSR count). The molecule has 1 saturated heterocycles. The summed E-state index contributed by atoms with van der Waals surface area (Å²) >= 11 is 12.4. The minimum atomic E-state index is -0.838. The number of carbonyl (C=O) groups excluding carboxylic acids is 2. The van der Waals surface area contributed by atoms with Gasteiger partial charge in [0.2, 0.25) is 0 Å². The van der Waals surface area contributed by atoms with E-state index in [4.69, 9.17) is 23.2 Å². The number of benzene rings is 2. The van der Waals surface area contributed by atoms with Gasteiger partial charge in [0, 0.05) is 34.5 Å². The Labute approximate surface area is 183 Å². The molecule has 0 radical (unpaired) electrons. The molecule has 0 unspecified atom stereocenters. The van der Waals surface area contributed by atoms with Crippen molar-refractivity contribution in [1.29, 1.82) is 0 Å². The molecule has 3 aromatic rings. The van der Waals surface area contributed by atoms with Gasteiger partial charge in [-0.1, -0.05) is 47.5 Å². The first kappa shape index (κ1) is 20.1. The molecule has 2 heterocycles. The average Bonchev–Trinajstić information content (AvgIpc) is 3.00. The number of nitrogens with zero attached hydrogens (tertiary/aromatic N) is 2. The molecule has 30 heavy (non-hydrogen) atoms. The number of aliphatic hydroxyl groups excluding tert-OH is 1. The van der Waals surface area contributed by atoms with Crippen molar-refractivity contribution in [2.45, 2.75) is 12.6 Å². The van der Waals surface area contributed by atoms with Crippen LogP contribution in [0.15, 0.2) is 78.6 Å². The van der Waals surface area contributed by atoms with Crippen molar-refractivity contribution in [2.75, 3.05) is 0 Å². The third-order valence-electron chi connectivity index (χ3n) is 4.93. The Kier molecular flexibility index (Phi) is 5.57. The second kappa shape index (κ2) is 8.30. The molecule has 1 N–H and O–H groups in total. The highest BCUT2D eigenvalue weighted by Crippen LogP contribution is 2.42. The third kappa shape index (κ3) is 3.70. The van der Waals surface area contributed by atoms with E-state index in [1.807, 2.05) is 6.07 Å². The van der Waals surface area contributed by atoms with Crippen molar-refractivity contribution in [2.24, 2.45) is 0 Å². The molecule has 1 aliphatic heterocycles. The van der Waals surface area contributed by atoms with Crippen LogP contribution < -0.4 is 0 Å². The molecule has 1 amide bonds. The topological polar surface area (TPSA) is 70.5 Å². The lowest BCUT2D eigenvalue weighted by Crippen LogP contribution is -2.29. The van der Waals surface area contributed by atoms with Gasteiger partial charge in [0.05, 0.1) is 11.6 Å². The highest BCUT2D eigenvalue weighted by Gasteiger charge is 2.46. The van der Waals surface area contributed by atoms with Gasteiger partial charge in [0.15, 0.2) is 0 Å². The minimum Gasteiger partial charge on any atom is -0.507 e. The number of pyridine rings is 1. The predicted octanol–water partition coefficient (Wildman–Crippen LogP) is 5.01. The average molecular weight is 439 g/mol. The van der Waals surface area contributed by atoms with Crippen LogP contribution >= 0.6 is 23.2 Å². The molecule has 0 aliphatic carbocycles. The van der Waals surface area contributed by atoms with E-state index in [-0.39, 0.29) is 17.9 Å². The lowest BCUT2D eigenvalue weighted by Gasteiger charge is -2.26. The molecule has 150 valence electrons. The van der Waals surface area contributed by atoms with Crippen LogP contribution in [0.1, 0.15) is 22.7 Å². The Morgan fingerprint density at radius 2 is 1.73 bits per heavy atom. The van der Waals surface area contributed by atoms with E-state index in [9.17, 15) is 14.7 Å². The van der Waals surface area contributed by atoms with E-state index in [2.05, 4.69) is 4.98 Å². The van der Waals surface area contributed by atoms with Crippen LogP contribution in [0.2, 0.25) is 10.0 Å². The summed E-state index contributed by atoms with van der Waals surface area (Å²) in [4.78, 5) is 31.4. The van der Waals surface area contributed by atoms with Crippen LogP contribution in [0, 0.1) is 0 Å².